The minimum absolute atomic E-state index is 0.176. The summed E-state index contributed by atoms with van der Waals surface area (Å²) >= 11 is 0. The highest BCUT2D eigenvalue weighted by Gasteiger charge is 2.49. The van der Waals surface area contributed by atoms with Gasteiger partial charge in [0, 0.05) is 18.0 Å². The lowest BCUT2D eigenvalue weighted by atomic mass is 9.87. The maximum absolute atomic E-state index is 12.6. The number of carbonyl (C=O) groups excluding carboxylic acids is 1. The van der Waals surface area contributed by atoms with Gasteiger partial charge in [-0.05, 0) is 37.0 Å². The van der Waals surface area contributed by atoms with Gasteiger partial charge in [-0.2, -0.15) is 0 Å². The molecule has 2 heteroatoms. The Balaban J connectivity index is 2.16. The molecule has 1 heterocycles. The summed E-state index contributed by atoms with van der Waals surface area (Å²) in [5.74, 6) is 2.42. The average Bonchev–Trinajstić information content (AvgIpc) is 2.85. The average molecular weight is 237 g/mol. The zero-order chi connectivity index (χ0) is 12.7. The van der Waals surface area contributed by atoms with Crippen LogP contribution in [-0.2, 0) is 4.79 Å². The van der Waals surface area contributed by atoms with Crippen molar-refractivity contribution in [1.29, 1.82) is 0 Å². The van der Waals surface area contributed by atoms with E-state index in [-0.39, 0.29) is 5.92 Å². The Morgan fingerprint density at radius 2 is 1.76 bits per heavy atom. The summed E-state index contributed by atoms with van der Waals surface area (Å²) in [7, 11) is 0. The van der Waals surface area contributed by atoms with Gasteiger partial charge in [0.05, 0.1) is 0 Å². The van der Waals surface area contributed by atoms with E-state index in [0.29, 0.717) is 29.8 Å². The van der Waals surface area contributed by atoms with E-state index in [9.17, 15) is 4.79 Å². The van der Waals surface area contributed by atoms with Crippen molar-refractivity contribution >= 4 is 5.91 Å². The highest BCUT2D eigenvalue weighted by molar-refractivity contribution is 5.80. The summed E-state index contributed by atoms with van der Waals surface area (Å²) in [6.07, 6.45) is 3.84. The number of hydrogen-bond acceptors (Lipinski definition) is 1. The van der Waals surface area contributed by atoms with Gasteiger partial charge in [0.2, 0.25) is 5.91 Å². The highest BCUT2D eigenvalue weighted by atomic mass is 16.2. The molecule has 1 saturated heterocycles. The van der Waals surface area contributed by atoms with Gasteiger partial charge in [-0.15, -0.1) is 0 Å². The second kappa shape index (κ2) is 4.62. The Morgan fingerprint density at radius 3 is 2.29 bits per heavy atom. The minimum atomic E-state index is 0.176. The van der Waals surface area contributed by atoms with Crippen LogP contribution < -0.4 is 0 Å². The lowest BCUT2D eigenvalue weighted by Gasteiger charge is -2.40. The molecule has 0 N–H and O–H groups in total. The van der Waals surface area contributed by atoms with Gasteiger partial charge >= 0.3 is 0 Å². The van der Waals surface area contributed by atoms with Crippen LogP contribution in [0, 0.1) is 23.7 Å². The summed E-state index contributed by atoms with van der Waals surface area (Å²) in [4.78, 5) is 14.9. The predicted octanol–water partition coefficient (Wildman–Crippen LogP) is 3.31. The van der Waals surface area contributed by atoms with Gasteiger partial charge in [-0.3, -0.25) is 4.79 Å². The molecule has 17 heavy (non-hydrogen) atoms. The quantitative estimate of drug-likeness (QED) is 0.737. The van der Waals surface area contributed by atoms with Crippen molar-refractivity contribution in [2.75, 3.05) is 0 Å². The van der Waals surface area contributed by atoms with Gasteiger partial charge in [-0.1, -0.05) is 34.6 Å². The normalized spacial score (nSPS) is 33.8. The molecule has 1 saturated carbocycles. The lowest BCUT2D eigenvalue weighted by molar-refractivity contribution is -0.142. The molecule has 0 unspecified atom stereocenters. The molecule has 2 aliphatic rings. The van der Waals surface area contributed by atoms with Crippen LogP contribution in [0.15, 0.2) is 0 Å². The molecule has 0 aromatic carbocycles. The van der Waals surface area contributed by atoms with Gasteiger partial charge < -0.3 is 4.90 Å². The van der Waals surface area contributed by atoms with Gasteiger partial charge in [0.15, 0.2) is 0 Å². The molecule has 2 nitrogen and oxygen atoms in total. The van der Waals surface area contributed by atoms with Crippen molar-refractivity contribution < 1.29 is 4.79 Å². The standard InChI is InChI=1S/C15H27NO/c1-9(2)11(5)15(17)16-13-7-6-12(8-13)14(16)10(3)4/h9-14H,6-8H2,1-5H3/t11-,12+,13-,14+/m0/s1. The lowest BCUT2D eigenvalue weighted by Crippen LogP contribution is -2.50. The molecule has 2 fully saturated rings. The van der Waals surface area contributed by atoms with Crippen LogP contribution in [0.5, 0.6) is 0 Å². The fourth-order valence-electron chi connectivity index (χ4n) is 3.74. The fraction of sp³-hybridized carbons (Fsp3) is 0.933. The first kappa shape index (κ1) is 12.9. The van der Waals surface area contributed by atoms with Crippen molar-refractivity contribution in [3.8, 4) is 0 Å². The van der Waals surface area contributed by atoms with Gasteiger partial charge in [0.25, 0.3) is 0 Å². The molecule has 4 atom stereocenters. The molecule has 2 bridgehead atoms. The molecular weight excluding hydrogens is 210 g/mol. The maximum atomic E-state index is 12.6. The Hall–Kier alpha value is -0.530. The summed E-state index contributed by atoms with van der Waals surface area (Å²) in [6.45, 7) is 10.9. The van der Waals surface area contributed by atoms with Crippen LogP contribution >= 0.6 is 0 Å². The third-order valence-electron chi connectivity index (χ3n) is 4.97. The zero-order valence-electron chi connectivity index (χ0n) is 11.9. The molecule has 0 spiro atoms. The first-order valence-electron chi connectivity index (χ1n) is 7.25. The summed E-state index contributed by atoms with van der Waals surface area (Å²) in [5.41, 5.74) is 0. The SMILES string of the molecule is CC(C)[C@H](C)C(=O)N1[C@H]2CC[C@H](C2)[C@H]1C(C)C. The minimum Gasteiger partial charge on any atom is -0.336 e. The number of hydrogen-bond donors (Lipinski definition) is 0. The first-order chi connectivity index (χ1) is 7.93. The van der Waals surface area contributed by atoms with E-state index in [1.165, 1.54) is 19.3 Å². The van der Waals surface area contributed by atoms with Crippen LogP contribution in [0.1, 0.15) is 53.9 Å². The Labute approximate surface area is 106 Å². The summed E-state index contributed by atoms with van der Waals surface area (Å²) in [6, 6.07) is 1.07. The topological polar surface area (TPSA) is 20.3 Å². The summed E-state index contributed by atoms with van der Waals surface area (Å²) < 4.78 is 0. The molecule has 98 valence electrons. The monoisotopic (exact) mass is 237 g/mol. The molecule has 0 aromatic rings. The predicted molar refractivity (Wildman–Crippen MR) is 70.6 cm³/mol. The number of piperidine rings is 1. The number of fused-ring (bicyclic) bond motifs is 2. The number of amides is 1. The molecule has 1 aliphatic carbocycles. The van der Waals surface area contributed by atoms with Crippen LogP contribution in [0.4, 0.5) is 0 Å². The highest BCUT2D eigenvalue weighted by Crippen LogP contribution is 2.45. The van der Waals surface area contributed by atoms with E-state index in [4.69, 9.17) is 0 Å². The second-order valence-electron chi connectivity index (χ2n) is 6.74. The van der Waals surface area contributed by atoms with Gasteiger partial charge in [-0.25, -0.2) is 0 Å². The fourth-order valence-corrected chi connectivity index (χ4v) is 3.74. The van der Waals surface area contributed by atoms with E-state index < -0.39 is 0 Å². The molecule has 0 aromatic heterocycles. The second-order valence-corrected chi connectivity index (χ2v) is 6.74. The molecule has 1 amide bonds. The van der Waals surface area contributed by atoms with E-state index >= 15 is 0 Å². The van der Waals surface area contributed by atoms with Crippen molar-refractivity contribution in [2.45, 2.75) is 66.0 Å². The van der Waals surface area contributed by atoms with E-state index in [0.717, 1.165) is 5.92 Å². The van der Waals surface area contributed by atoms with Crippen LogP contribution in [0.3, 0.4) is 0 Å². The number of rotatable bonds is 3. The Kier molecular flexibility index (Phi) is 3.51. The zero-order valence-corrected chi connectivity index (χ0v) is 11.9. The van der Waals surface area contributed by atoms with Crippen molar-refractivity contribution in [2.24, 2.45) is 23.7 Å². The van der Waals surface area contributed by atoms with E-state index in [2.05, 4.69) is 39.5 Å². The van der Waals surface area contributed by atoms with Crippen LogP contribution in [-0.4, -0.2) is 22.9 Å². The van der Waals surface area contributed by atoms with Crippen molar-refractivity contribution in [1.82, 2.24) is 4.90 Å². The van der Waals surface area contributed by atoms with Crippen molar-refractivity contribution in [3.63, 3.8) is 0 Å². The molecular formula is C15H27NO. The number of likely N-dealkylation sites (tertiary alicyclic amines) is 1. The van der Waals surface area contributed by atoms with Crippen LogP contribution in [0.2, 0.25) is 0 Å². The first-order valence-corrected chi connectivity index (χ1v) is 7.25. The number of nitrogens with zero attached hydrogens (tertiary/aromatic N) is 1. The molecule has 0 radical (unpaired) electrons. The molecule has 1 aliphatic heterocycles. The van der Waals surface area contributed by atoms with E-state index in [1.54, 1.807) is 0 Å². The summed E-state index contributed by atoms with van der Waals surface area (Å²) in [5, 5.41) is 0. The third kappa shape index (κ3) is 2.11. The van der Waals surface area contributed by atoms with E-state index in [1.807, 2.05) is 0 Å². The smallest absolute Gasteiger partial charge is 0.226 e. The van der Waals surface area contributed by atoms with Gasteiger partial charge in [0.1, 0.15) is 0 Å². The Bertz CT molecular complexity index is 297. The Morgan fingerprint density at radius 1 is 1.12 bits per heavy atom. The van der Waals surface area contributed by atoms with Crippen molar-refractivity contribution in [3.05, 3.63) is 0 Å². The largest absolute Gasteiger partial charge is 0.336 e. The van der Waals surface area contributed by atoms with Crippen LogP contribution in [0.25, 0.3) is 0 Å². The third-order valence-corrected chi connectivity index (χ3v) is 4.97. The maximum Gasteiger partial charge on any atom is 0.226 e. The number of carbonyl (C=O) groups is 1. The molecule has 2 rings (SSSR count).